The second kappa shape index (κ2) is 7.58. The Morgan fingerprint density at radius 2 is 1.27 bits per heavy atom. The molecule has 3 rings (SSSR count). The van der Waals surface area contributed by atoms with Gasteiger partial charge in [-0.15, -0.1) is 0 Å². The van der Waals surface area contributed by atoms with E-state index < -0.39 is 35.9 Å². The zero-order chi connectivity index (χ0) is 18.7. The van der Waals surface area contributed by atoms with Gasteiger partial charge in [-0.2, -0.15) is 0 Å². The summed E-state index contributed by atoms with van der Waals surface area (Å²) < 4.78 is 9.97. The molecular formula is C20H21NO5. The highest BCUT2D eigenvalue weighted by Gasteiger charge is 2.52. The van der Waals surface area contributed by atoms with Crippen molar-refractivity contribution in [1.29, 1.82) is 0 Å². The van der Waals surface area contributed by atoms with E-state index in [1.807, 2.05) is 30.3 Å². The second-order valence-corrected chi connectivity index (χ2v) is 6.22. The molecule has 0 saturated carbocycles. The number of phenolic OH excluding ortho intramolecular Hbond substituents is 1. The molecule has 0 unspecified atom stereocenters. The van der Waals surface area contributed by atoms with E-state index in [9.17, 15) is 14.7 Å². The van der Waals surface area contributed by atoms with Gasteiger partial charge in [0.2, 0.25) is 0 Å². The van der Waals surface area contributed by atoms with Crippen LogP contribution < -0.4 is 5.32 Å². The molecule has 2 N–H and O–H groups in total. The quantitative estimate of drug-likeness (QED) is 0.819. The Hall–Kier alpha value is -2.86. The highest BCUT2D eigenvalue weighted by Crippen LogP contribution is 2.45. The molecule has 26 heavy (non-hydrogen) atoms. The Morgan fingerprint density at radius 3 is 1.73 bits per heavy atom. The first-order chi connectivity index (χ1) is 12.6. The molecule has 2 aromatic carbocycles. The number of phenols is 1. The van der Waals surface area contributed by atoms with Crippen molar-refractivity contribution in [3.63, 3.8) is 0 Å². The summed E-state index contributed by atoms with van der Waals surface area (Å²) in [5.41, 5.74) is 1.67. The minimum atomic E-state index is -0.748. The van der Waals surface area contributed by atoms with Gasteiger partial charge in [0, 0.05) is 12.1 Å². The summed E-state index contributed by atoms with van der Waals surface area (Å²) in [4.78, 5) is 25.1. The Morgan fingerprint density at radius 1 is 0.808 bits per heavy atom. The van der Waals surface area contributed by atoms with Crippen molar-refractivity contribution in [3.05, 3.63) is 65.7 Å². The molecular weight excluding hydrogens is 334 g/mol. The number of ether oxygens (including phenoxy) is 2. The molecule has 136 valence electrons. The van der Waals surface area contributed by atoms with Crippen molar-refractivity contribution >= 4 is 11.9 Å². The molecule has 1 heterocycles. The van der Waals surface area contributed by atoms with Crippen LogP contribution >= 0.6 is 0 Å². The van der Waals surface area contributed by atoms with Crippen molar-refractivity contribution in [2.24, 2.45) is 11.8 Å². The number of hydrogen-bond acceptors (Lipinski definition) is 6. The van der Waals surface area contributed by atoms with Gasteiger partial charge in [0.1, 0.15) is 5.75 Å². The Kier molecular flexibility index (Phi) is 5.23. The van der Waals surface area contributed by atoms with Crippen molar-refractivity contribution in [2.75, 3.05) is 14.2 Å². The molecule has 0 aliphatic carbocycles. The fourth-order valence-electron chi connectivity index (χ4n) is 3.60. The molecule has 1 fully saturated rings. The van der Waals surface area contributed by atoms with E-state index in [1.54, 1.807) is 24.3 Å². The van der Waals surface area contributed by atoms with E-state index in [-0.39, 0.29) is 5.75 Å². The van der Waals surface area contributed by atoms with Gasteiger partial charge >= 0.3 is 11.9 Å². The normalized spacial score (nSPS) is 24.8. The number of carbonyl (C=O) groups is 2. The van der Waals surface area contributed by atoms with Crippen molar-refractivity contribution in [3.8, 4) is 5.75 Å². The van der Waals surface area contributed by atoms with E-state index in [0.717, 1.165) is 11.1 Å². The minimum absolute atomic E-state index is 0.130. The average Bonchev–Trinajstić information content (AvgIpc) is 3.08. The smallest absolute Gasteiger partial charge is 0.311 e. The first-order valence-corrected chi connectivity index (χ1v) is 8.32. The summed E-state index contributed by atoms with van der Waals surface area (Å²) in [5, 5.41) is 12.9. The predicted molar refractivity (Wildman–Crippen MR) is 94.2 cm³/mol. The van der Waals surface area contributed by atoms with Crippen LogP contribution in [0, 0.1) is 11.8 Å². The molecule has 0 amide bonds. The van der Waals surface area contributed by atoms with Crippen LogP contribution in [-0.4, -0.2) is 31.3 Å². The van der Waals surface area contributed by atoms with Gasteiger partial charge in [0.05, 0.1) is 26.1 Å². The van der Waals surface area contributed by atoms with Crippen LogP contribution in [-0.2, 0) is 19.1 Å². The van der Waals surface area contributed by atoms with Gasteiger partial charge in [-0.3, -0.25) is 9.59 Å². The van der Waals surface area contributed by atoms with Crippen LogP contribution in [0.1, 0.15) is 23.2 Å². The first kappa shape index (κ1) is 17.9. The molecule has 6 nitrogen and oxygen atoms in total. The van der Waals surface area contributed by atoms with Gasteiger partial charge < -0.3 is 19.9 Å². The van der Waals surface area contributed by atoms with Crippen LogP contribution in [0.4, 0.5) is 0 Å². The summed E-state index contributed by atoms with van der Waals surface area (Å²) in [6.45, 7) is 0. The zero-order valence-corrected chi connectivity index (χ0v) is 14.6. The van der Waals surface area contributed by atoms with Crippen LogP contribution in [0.2, 0.25) is 0 Å². The maximum atomic E-state index is 12.6. The number of aromatic hydroxyl groups is 1. The molecule has 1 aliphatic rings. The Balaban J connectivity index is 2.07. The molecule has 0 bridgehead atoms. The third-order valence-electron chi connectivity index (χ3n) is 4.82. The lowest BCUT2D eigenvalue weighted by Gasteiger charge is -2.21. The van der Waals surface area contributed by atoms with E-state index in [0.29, 0.717) is 0 Å². The molecule has 4 atom stereocenters. The fourth-order valence-corrected chi connectivity index (χ4v) is 3.60. The third kappa shape index (κ3) is 3.28. The van der Waals surface area contributed by atoms with Crippen molar-refractivity contribution in [1.82, 2.24) is 5.32 Å². The number of carbonyl (C=O) groups excluding carboxylic acids is 2. The molecule has 1 aliphatic heterocycles. The largest absolute Gasteiger partial charge is 0.508 e. The monoisotopic (exact) mass is 355 g/mol. The van der Waals surface area contributed by atoms with Crippen LogP contribution in [0.15, 0.2) is 54.6 Å². The average molecular weight is 355 g/mol. The SMILES string of the molecule is COC(=O)[C@@H]1[C@H](C(=O)OC)[C@H](c2ccccc2)N[C@@H]1c1ccc(O)cc1. The van der Waals surface area contributed by atoms with E-state index in [2.05, 4.69) is 5.32 Å². The highest BCUT2D eigenvalue weighted by atomic mass is 16.5. The van der Waals surface area contributed by atoms with Crippen molar-refractivity contribution < 1.29 is 24.2 Å². The second-order valence-electron chi connectivity index (χ2n) is 6.22. The number of nitrogens with one attached hydrogen (secondary N) is 1. The van der Waals surface area contributed by atoms with Gasteiger partial charge in [0.25, 0.3) is 0 Å². The summed E-state index contributed by atoms with van der Waals surface area (Å²) in [6, 6.07) is 15.2. The van der Waals surface area contributed by atoms with Gasteiger partial charge in [0.15, 0.2) is 0 Å². The van der Waals surface area contributed by atoms with Crippen LogP contribution in [0.3, 0.4) is 0 Å². The number of esters is 2. The molecule has 0 radical (unpaired) electrons. The summed E-state index contributed by atoms with van der Waals surface area (Å²) in [6.07, 6.45) is 0. The topological polar surface area (TPSA) is 84.9 Å². The standard InChI is InChI=1S/C20H21NO5/c1-25-19(23)15-16(20(24)26-2)18(13-8-10-14(22)11-9-13)21-17(15)12-6-4-3-5-7-12/h3-11,15-18,21-22H,1-2H3/t15-,16+,17-,18+/m0/s1. The summed E-state index contributed by atoms with van der Waals surface area (Å²) in [5.74, 6) is -2.30. The van der Waals surface area contributed by atoms with Gasteiger partial charge in [-0.05, 0) is 23.3 Å². The highest BCUT2D eigenvalue weighted by molar-refractivity contribution is 5.84. The zero-order valence-electron chi connectivity index (χ0n) is 14.6. The summed E-state index contributed by atoms with van der Waals surface area (Å²) in [7, 11) is 2.62. The van der Waals surface area contributed by atoms with E-state index in [4.69, 9.17) is 9.47 Å². The number of rotatable bonds is 4. The lowest BCUT2D eigenvalue weighted by atomic mass is 9.82. The lowest BCUT2D eigenvalue weighted by Crippen LogP contribution is -2.32. The predicted octanol–water partition coefficient (Wildman–Crippen LogP) is 2.36. The Labute approximate surface area is 151 Å². The van der Waals surface area contributed by atoms with Crippen LogP contribution in [0.5, 0.6) is 5.75 Å². The van der Waals surface area contributed by atoms with Gasteiger partial charge in [-0.1, -0.05) is 42.5 Å². The molecule has 0 aromatic heterocycles. The van der Waals surface area contributed by atoms with Crippen LogP contribution in [0.25, 0.3) is 0 Å². The Bertz CT molecular complexity index is 775. The number of benzene rings is 2. The number of methoxy groups -OCH3 is 2. The molecule has 2 aromatic rings. The molecule has 0 spiro atoms. The maximum absolute atomic E-state index is 12.6. The lowest BCUT2D eigenvalue weighted by molar-refractivity contribution is -0.157. The van der Waals surface area contributed by atoms with E-state index >= 15 is 0 Å². The number of hydrogen-bond donors (Lipinski definition) is 2. The van der Waals surface area contributed by atoms with Crippen molar-refractivity contribution in [2.45, 2.75) is 12.1 Å². The first-order valence-electron chi connectivity index (χ1n) is 8.32. The minimum Gasteiger partial charge on any atom is -0.508 e. The molecule has 1 saturated heterocycles. The fraction of sp³-hybridized carbons (Fsp3) is 0.300. The summed E-state index contributed by atoms with van der Waals surface area (Å²) >= 11 is 0. The maximum Gasteiger partial charge on any atom is 0.311 e. The van der Waals surface area contributed by atoms with E-state index in [1.165, 1.54) is 14.2 Å². The molecule has 6 heteroatoms. The third-order valence-corrected chi connectivity index (χ3v) is 4.82. The van der Waals surface area contributed by atoms with Gasteiger partial charge in [-0.25, -0.2) is 0 Å².